The molecule has 0 bridgehead atoms. The first-order valence-electron chi connectivity index (χ1n) is 4.88. The third-order valence-electron chi connectivity index (χ3n) is 1.58. The summed E-state index contributed by atoms with van der Waals surface area (Å²) in [5.41, 5.74) is 5.21. The molecular weight excluding hydrogens is 238 g/mol. The van der Waals surface area contributed by atoms with Gasteiger partial charge in [0, 0.05) is 6.54 Å². The third kappa shape index (κ3) is 11.7. The van der Waals surface area contributed by atoms with E-state index in [4.69, 9.17) is 25.1 Å². The highest BCUT2D eigenvalue weighted by molar-refractivity contribution is 5.85. The van der Waals surface area contributed by atoms with E-state index in [1.807, 2.05) is 0 Å². The Bertz CT molecular complexity index is 170. The second kappa shape index (κ2) is 12.7. The van der Waals surface area contributed by atoms with Gasteiger partial charge in [0.1, 0.15) is 0 Å². The normalized spacial score (nSPS) is 11.9. The Kier molecular flexibility index (Phi) is 14.2. The van der Waals surface area contributed by atoms with Crippen LogP contribution in [0.5, 0.6) is 0 Å². The van der Waals surface area contributed by atoms with Gasteiger partial charge in [-0.15, -0.1) is 12.4 Å². The third-order valence-corrected chi connectivity index (χ3v) is 1.58. The number of hydrogen-bond donors (Lipinski definition) is 2. The standard InChI is InChI=1S/C9H19NO5.ClH/c1-8(9(11)12)15-7-6-14-5-4-13-3-2-10;/h8H,2-7,10H2,1H3,(H,11,12);1H. The number of nitrogens with two attached hydrogens (primary N) is 1. The van der Waals surface area contributed by atoms with Crippen molar-refractivity contribution in [2.24, 2.45) is 5.73 Å². The van der Waals surface area contributed by atoms with Gasteiger partial charge in [-0.05, 0) is 6.92 Å². The molecule has 0 spiro atoms. The van der Waals surface area contributed by atoms with E-state index >= 15 is 0 Å². The number of aliphatic carboxylic acids is 1. The lowest BCUT2D eigenvalue weighted by atomic mass is 10.4. The molecule has 98 valence electrons. The topological polar surface area (TPSA) is 91.0 Å². The van der Waals surface area contributed by atoms with E-state index in [1.54, 1.807) is 0 Å². The lowest BCUT2D eigenvalue weighted by Gasteiger charge is -2.08. The van der Waals surface area contributed by atoms with E-state index in [0.717, 1.165) is 0 Å². The van der Waals surface area contributed by atoms with Gasteiger partial charge in [-0.3, -0.25) is 0 Å². The predicted octanol–water partition coefficient (Wildman–Crippen LogP) is -0.110. The van der Waals surface area contributed by atoms with Crippen LogP contribution in [0.15, 0.2) is 0 Å². The molecule has 0 fully saturated rings. The van der Waals surface area contributed by atoms with Crippen LogP contribution < -0.4 is 5.73 Å². The van der Waals surface area contributed by atoms with E-state index in [9.17, 15) is 4.79 Å². The van der Waals surface area contributed by atoms with E-state index in [1.165, 1.54) is 6.92 Å². The fraction of sp³-hybridized carbons (Fsp3) is 0.889. The molecular formula is C9H20ClNO5. The minimum atomic E-state index is -0.971. The Morgan fingerprint density at radius 2 is 1.69 bits per heavy atom. The number of carboxylic acid groups (broad SMARTS) is 1. The Labute approximate surface area is 101 Å². The molecule has 0 amide bonds. The van der Waals surface area contributed by atoms with Crippen LogP contribution in [0, 0.1) is 0 Å². The maximum absolute atomic E-state index is 10.3. The summed E-state index contributed by atoms with van der Waals surface area (Å²) in [6.07, 6.45) is -0.790. The molecule has 0 aromatic rings. The maximum Gasteiger partial charge on any atom is 0.332 e. The number of carboxylic acids is 1. The van der Waals surface area contributed by atoms with Crippen LogP contribution in [-0.2, 0) is 19.0 Å². The van der Waals surface area contributed by atoms with Crippen LogP contribution in [0.1, 0.15) is 6.92 Å². The highest BCUT2D eigenvalue weighted by Gasteiger charge is 2.09. The molecule has 0 aromatic carbocycles. The zero-order valence-corrected chi connectivity index (χ0v) is 10.2. The average Bonchev–Trinajstić information content (AvgIpc) is 2.21. The van der Waals surface area contributed by atoms with Gasteiger partial charge in [0.15, 0.2) is 6.10 Å². The predicted molar refractivity (Wildman–Crippen MR) is 61.0 cm³/mol. The first kappa shape index (κ1) is 18.0. The van der Waals surface area contributed by atoms with Crippen LogP contribution in [0.2, 0.25) is 0 Å². The molecule has 0 aliphatic carbocycles. The summed E-state index contributed by atoms with van der Waals surface area (Å²) < 4.78 is 15.1. The summed E-state index contributed by atoms with van der Waals surface area (Å²) in [5.74, 6) is -0.971. The van der Waals surface area contributed by atoms with Gasteiger partial charge in [0.05, 0.1) is 33.0 Å². The van der Waals surface area contributed by atoms with Crippen LogP contribution in [-0.4, -0.2) is 56.8 Å². The lowest BCUT2D eigenvalue weighted by molar-refractivity contribution is -0.150. The van der Waals surface area contributed by atoms with Gasteiger partial charge in [-0.1, -0.05) is 0 Å². The number of ether oxygens (including phenoxy) is 3. The second-order valence-electron chi connectivity index (χ2n) is 2.86. The van der Waals surface area contributed by atoms with Crippen molar-refractivity contribution in [3.63, 3.8) is 0 Å². The van der Waals surface area contributed by atoms with E-state index in [0.29, 0.717) is 33.0 Å². The first-order chi connectivity index (χ1) is 7.18. The van der Waals surface area contributed by atoms with Crippen molar-refractivity contribution in [1.82, 2.24) is 0 Å². The Morgan fingerprint density at radius 3 is 2.19 bits per heavy atom. The Balaban J connectivity index is 0. The minimum absolute atomic E-state index is 0. The van der Waals surface area contributed by atoms with Crippen molar-refractivity contribution in [3.8, 4) is 0 Å². The molecule has 3 N–H and O–H groups in total. The first-order valence-corrected chi connectivity index (χ1v) is 4.88. The number of rotatable bonds is 10. The molecule has 6 nitrogen and oxygen atoms in total. The smallest absolute Gasteiger partial charge is 0.332 e. The van der Waals surface area contributed by atoms with E-state index in [2.05, 4.69) is 0 Å². The van der Waals surface area contributed by atoms with Gasteiger partial charge >= 0.3 is 5.97 Å². The van der Waals surface area contributed by atoms with Crippen molar-refractivity contribution < 1.29 is 24.1 Å². The van der Waals surface area contributed by atoms with Gasteiger partial charge in [0.25, 0.3) is 0 Å². The van der Waals surface area contributed by atoms with Crippen molar-refractivity contribution in [2.45, 2.75) is 13.0 Å². The molecule has 0 aliphatic rings. The fourth-order valence-corrected chi connectivity index (χ4v) is 0.760. The molecule has 0 aliphatic heterocycles. The van der Waals surface area contributed by atoms with Crippen molar-refractivity contribution in [2.75, 3.05) is 39.6 Å². The summed E-state index contributed by atoms with van der Waals surface area (Å²) in [4.78, 5) is 10.3. The fourth-order valence-electron chi connectivity index (χ4n) is 0.760. The molecule has 0 saturated carbocycles. The van der Waals surface area contributed by atoms with Crippen LogP contribution in [0.4, 0.5) is 0 Å². The Hall–Kier alpha value is -0.400. The monoisotopic (exact) mass is 257 g/mol. The lowest BCUT2D eigenvalue weighted by Crippen LogP contribution is -2.22. The summed E-state index contributed by atoms with van der Waals surface area (Å²) in [6.45, 7) is 4.09. The molecule has 1 unspecified atom stereocenters. The number of halogens is 1. The Morgan fingerprint density at radius 1 is 1.19 bits per heavy atom. The quantitative estimate of drug-likeness (QED) is 0.531. The van der Waals surface area contributed by atoms with Crippen LogP contribution in [0.25, 0.3) is 0 Å². The van der Waals surface area contributed by atoms with Crippen molar-refractivity contribution in [3.05, 3.63) is 0 Å². The molecule has 0 aromatic heterocycles. The minimum Gasteiger partial charge on any atom is -0.479 e. The van der Waals surface area contributed by atoms with Crippen LogP contribution in [0.3, 0.4) is 0 Å². The van der Waals surface area contributed by atoms with Gasteiger partial charge in [0.2, 0.25) is 0 Å². The van der Waals surface area contributed by atoms with Crippen molar-refractivity contribution in [1.29, 1.82) is 0 Å². The molecule has 0 heterocycles. The second-order valence-corrected chi connectivity index (χ2v) is 2.86. The number of hydrogen-bond acceptors (Lipinski definition) is 5. The molecule has 0 saturated heterocycles. The SMILES string of the molecule is CC(OCCOCCOCCN)C(=O)O.Cl. The van der Waals surface area contributed by atoms with Gasteiger partial charge in [-0.2, -0.15) is 0 Å². The summed E-state index contributed by atoms with van der Waals surface area (Å²) in [6, 6.07) is 0. The highest BCUT2D eigenvalue weighted by atomic mass is 35.5. The largest absolute Gasteiger partial charge is 0.479 e. The van der Waals surface area contributed by atoms with Crippen molar-refractivity contribution >= 4 is 18.4 Å². The zero-order chi connectivity index (χ0) is 11.5. The van der Waals surface area contributed by atoms with Gasteiger partial charge < -0.3 is 25.1 Å². The molecule has 1 atom stereocenters. The van der Waals surface area contributed by atoms with E-state index in [-0.39, 0.29) is 19.0 Å². The summed E-state index contributed by atoms with van der Waals surface area (Å²) in [5, 5.41) is 8.48. The summed E-state index contributed by atoms with van der Waals surface area (Å²) in [7, 11) is 0. The highest BCUT2D eigenvalue weighted by Crippen LogP contribution is 1.90. The zero-order valence-electron chi connectivity index (χ0n) is 9.39. The summed E-state index contributed by atoms with van der Waals surface area (Å²) >= 11 is 0. The maximum atomic E-state index is 10.3. The molecule has 0 rings (SSSR count). The van der Waals surface area contributed by atoms with Gasteiger partial charge in [-0.25, -0.2) is 4.79 Å². The average molecular weight is 258 g/mol. The number of carbonyl (C=O) groups is 1. The molecule has 7 heteroatoms. The van der Waals surface area contributed by atoms with E-state index < -0.39 is 12.1 Å². The molecule has 0 radical (unpaired) electrons. The molecule has 16 heavy (non-hydrogen) atoms. The van der Waals surface area contributed by atoms with Crippen LogP contribution >= 0.6 is 12.4 Å².